The fourth-order valence-corrected chi connectivity index (χ4v) is 2.19. The van der Waals surface area contributed by atoms with Gasteiger partial charge in [-0.1, -0.05) is 6.92 Å². The van der Waals surface area contributed by atoms with E-state index in [9.17, 15) is 0 Å². The minimum Gasteiger partial charge on any atom is -0.325 e. The Hall–Kier alpha value is -0.0800. The molecule has 64 valence electrons. The van der Waals surface area contributed by atoms with Crippen LogP contribution in [0, 0.1) is 5.92 Å². The first-order chi connectivity index (χ1) is 5.31. The van der Waals surface area contributed by atoms with Crippen LogP contribution in [0.25, 0.3) is 0 Å². The number of hydrogen-bond acceptors (Lipinski definition) is 2. The molecule has 0 aromatic rings. The van der Waals surface area contributed by atoms with E-state index in [4.69, 9.17) is 5.73 Å². The van der Waals surface area contributed by atoms with Crippen LogP contribution in [0.15, 0.2) is 0 Å². The van der Waals surface area contributed by atoms with E-state index >= 15 is 0 Å². The molecule has 2 nitrogen and oxygen atoms in total. The summed E-state index contributed by atoms with van der Waals surface area (Å²) < 4.78 is 0. The second-order valence-electron chi connectivity index (χ2n) is 4.03. The molecule has 2 rings (SSSR count). The van der Waals surface area contributed by atoms with Crippen molar-refractivity contribution in [1.29, 1.82) is 0 Å². The average Bonchev–Trinajstić information content (AvgIpc) is 2.69. The lowest BCUT2D eigenvalue weighted by atomic mass is 10.0. The van der Waals surface area contributed by atoms with Crippen molar-refractivity contribution in [3.63, 3.8) is 0 Å². The normalized spacial score (nSPS) is 30.0. The Morgan fingerprint density at radius 2 is 2.09 bits per heavy atom. The van der Waals surface area contributed by atoms with Crippen LogP contribution in [0.2, 0.25) is 0 Å². The van der Waals surface area contributed by atoms with Crippen LogP contribution in [-0.2, 0) is 0 Å². The van der Waals surface area contributed by atoms with Gasteiger partial charge in [0.25, 0.3) is 0 Å². The molecule has 1 saturated carbocycles. The molecule has 2 N–H and O–H groups in total. The highest BCUT2D eigenvalue weighted by atomic mass is 15.2. The largest absolute Gasteiger partial charge is 0.325 e. The van der Waals surface area contributed by atoms with Gasteiger partial charge in [0.15, 0.2) is 0 Å². The lowest BCUT2D eigenvalue weighted by molar-refractivity contribution is 0.0788. The molecular weight excluding hydrogens is 136 g/mol. The maximum atomic E-state index is 5.74. The molecule has 2 fully saturated rings. The van der Waals surface area contributed by atoms with Crippen LogP contribution in [-0.4, -0.2) is 30.1 Å². The van der Waals surface area contributed by atoms with Crippen molar-refractivity contribution >= 4 is 0 Å². The molecule has 0 aromatic carbocycles. The van der Waals surface area contributed by atoms with E-state index in [0.717, 1.165) is 25.0 Å². The van der Waals surface area contributed by atoms with Crippen molar-refractivity contribution in [2.45, 2.75) is 38.3 Å². The fraction of sp³-hybridized carbons (Fsp3) is 1.00. The summed E-state index contributed by atoms with van der Waals surface area (Å²) in [6.07, 6.45) is 4.24. The van der Waals surface area contributed by atoms with Crippen molar-refractivity contribution < 1.29 is 0 Å². The zero-order chi connectivity index (χ0) is 7.84. The average molecular weight is 154 g/mol. The molecule has 1 saturated heterocycles. The predicted octanol–water partition coefficient (Wildman–Crippen LogP) is 0.818. The number of nitrogens with zero attached hydrogens (tertiary/aromatic N) is 1. The first kappa shape index (κ1) is 7.56. The van der Waals surface area contributed by atoms with Crippen molar-refractivity contribution in [1.82, 2.24) is 4.90 Å². The summed E-state index contributed by atoms with van der Waals surface area (Å²) in [6.45, 7) is 4.59. The van der Waals surface area contributed by atoms with Gasteiger partial charge in [-0.15, -0.1) is 0 Å². The monoisotopic (exact) mass is 154 g/mol. The van der Waals surface area contributed by atoms with Crippen LogP contribution in [0.5, 0.6) is 0 Å². The topological polar surface area (TPSA) is 29.3 Å². The van der Waals surface area contributed by atoms with E-state index in [0.29, 0.717) is 6.04 Å². The van der Waals surface area contributed by atoms with Crippen LogP contribution >= 0.6 is 0 Å². The molecule has 11 heavy (non-hydrogen) atoms. The third kappa shape index (κ3) is 1.42. The zero-order valence-electron chi connectivity index (χ0n) is 7.29. The third-order valence-corrected chi connectivity index (χ3v) is 2.99. The van der Waals surface area contributed by atoms with Crippen LogP contribution in [0.3, 0.4) is 0 Å². The van der Waals surface area contributed by atoms with Gasteiger partial charge in [0, 0.05) is 25.2 Å². The Balaban J connectivity index is 1.81. The molecule has 2 aliphatic rings. The molecule has 0 spiro atoms. The number of nitrogens with two attached hydrogens (primary N) is 1. The molecule has 1 atom stereocenters. The molecule has 1 unspecified atom stereocenters. The molecule has 0 radical (unpaired) electrons. The van der Waals surface area contributed by atoms with Gasteiger partial charge in [0.2, 0.25) is 0 Å². The Labute approximate surface area is 68.7 Å². The second kappa shape index (κ2) is 2.76. The number of rotatable bonds is 3. The van der Waals surface area contributed by atoms with Crippen LogP contribution in [0.4, 0.5) is 0 Å². The zero-order valence-corrected chi connectivity index (χ0v) is 7.29. The van der Waals surface area contributed by atoms with Gasteiger partial charge in [0.1, 0.15) is 0 Å². The lowest BCUT2D eigenvalue weighted by Gasteiger charge is -2.42. The van der Waals surface area contributed by atoms with E-state index in [1.807, 2.05) is 0 Å². The molecule has 2 heteroatoms. The van der Waals surface area contributed by atoms with Crippen LogP contribution in [0.1, 0.15) is 26.2 Å². The molecule has 1 heterocycles. The van der Waals surface area contributed by atoms with Crippen molar-refractivity contribution in [3.05, 3.63) is 0 Å². The summed E-state index contributed by atoms with van der Waals surface area (Å²) in [6, 6.07) is 1.34. The van der Waals surface area contributed by atoms with Crippen LogP contribution < -0.4 is 5.73 Å². The molecule has 0 bridgehead atoms. The van der Waals surface area contributed by atoms with Gasteiger partial charge >= 0.3 is 0 Å². The van der Waals surface area contributed by atoms with Gasteiger partial charge in [-0.25, -0.2) is 0 Å². The van der Waals surface area contributed by atoms with Gasteiger partial charge in [0.05, 0.1) is 0 Å². The minimum atomic E-state index is 0.475. The quantitative estimate of drug-likeness (QED) is 0.652. The van der Waals surface area contributed by atoms with E-state index in [1.54, 1.807) is 0 Å². The summed E-state index contributed by atoms with van der Waals surface area (Å²) in [7, 11) is 0. The summed E-state index contributed by atoms with van der Waals surface area (Å²) >= 11 is 0. The Morgan fingerprint density at radius 1 is 1.45 bits per heavy atom. The molecular formula is C9H18N2. The minimum absolute atomic E-state index is 0.475. The first-order valence-electron chi connectivity index (χ1n) is 4.81. The van der Waals surface area contributed by atoms with E-state index < -0.39 is 0 Å². The fourth-order valence-electron chi connectivity index (χ4n) is 2.19. The second-order valence-corrected chi connectivity index (χ2v) is 4.03. The smallest absolute Gasteiger partial charge is 0.0297 e. The standard InChI is InChI=1S/C9H18N2/c1-2-9(7-3-4-7)11-5-8(10)6-11/h7-9H,2-6,10H2,1H3. The van der Waals surface area contributed by atoms with Crippen molar-refractivity contribution in [2.75, 3.05) is 13.1 Å². The van der Waals surface area contributed by atoms with Gasteiger partial charge in [-0.2, -0.15) is 0 Å². The Morgan fingerprint density at radius 3 is 2.45 bits per heavy atom. The summed E-state index contributed by atoms with van der Waals surface area (Å²) in [5.74, 6) is 1.02. The maximum Gasteiger partial charge on any atom is 0.0297 e. The van der Waals surface area contributed by atoms with Crippen molar-refractivity contribution in [2.24, 2.45) is 11.7 Å². The number of likely N-dealkylation sites (tertiary alicyclic amines) is 1. The Kier molecular flexibility index (Phi) is 1.90. The molecule has 0 aromatic heterocycles. The SMILES string of the molecule is CCC(C1CC1)N1CC(N)C1. The molecule has 1 aliphatic carbocycles. The third-order valence-electron chi connectivity index (χ3n) is 2.99. The van der Waals surface area contributed by atoms with Gasteiger partial charge in [-0.3, -0.25) is 4.90 Å². The lowest BCUT2D eigenvalue weighted by Crippen LogP contribution is -2.59. The first-order valence-corrected chi connectivity index (χ1v) is 4.81. The van der Waals surface area contributed by atoms with Crippen molar-refractivity contribution in [3.8, 4) is 0 Å². The highest BCUT2D eigenvalue weighted by Gasteiger charge is 2.38. The highest BCUT2D eigenvalue weighted by Crippen LogP contribution is 2.38. The molecule has 1 aliphatic heterocycles. The van der Waals surface area contributed by atoms with Gasteiger partial charge in [-0.05, 0) is 25.2 Å². The van der Waals surface area contributed by atoms with E-state index in [1.165, 1.54) is 19.3 Å². The predicted molar refractivity (Wildman–Crippen MR) is 46.4 cm³/mol. The summed E-state index contributed by atoms with van der Waals surface area (Å²) in [4.78, 5) is 2.56. The van der Waals surface area contributed by atoms with Gasteiger partial charge < -0.3 is 5.73 Å². The summed E-state index contributed by atoms with van der Waals surface area (Å²) in [5, 5.41) is 0. The van der Waals surface area contributed by atoms with E-state index in [2.05, 4.69) is 11.8 Å². The maximum absolute atomic E-state index is 5.74. The molecule has 0 amide bonds. The number of hydrogen-bond donors (Lipinski definition) is 1. The summed E-state index contributed by atoms with van der Waals surface area (Å²) in [5.41, 5.74) is 5.74. The van der Waals surface area contributed by atoms with E-state index in [-0.39, 0.29) is 0 Å². The Bertz CT molecular complexity index is 136. The highest BCUT2D eigenvalue weighted by molar-refractivity contribution is 4.94.